The summed E-state index contributed by atoms with van der Waals surface area (Å²) in [6.45, 7) is 9.68. The Bertz CT molecular complexity index is 931. The van der Waals surface area contributed by atoms with Gasteiger partial charge < -0.3 is 25.4 Å². The molecule has 0 aliphatic carbocycles. The Morgan fingerprint density at radius 2 is 1.89 bits per heavy atom. The summed E-state index contributed by atoms with van der Waals surface area (Å²) in [5.41, 5.74) is 7.79. The largest absolute Gasteiger partial charge is 0.493 e. The molecule has 9 nitrogen and oxygen atoms in total. The predicted molar refractivity (Wildman–Crippen MR) is 143 cm³/mol. The number of hydrogen-bond acceptors (Lipinski definition) is 6. The van der Waals surface area contributed by atoms with Crippen LogP contribution in [0.2, 0.25) is 0 Å². The molecule has 1 saturated heterocycles. The van der Waals surface area contributed by atoms with E-state index in [1.807, 2.05) is 28.9 Å². The molecule has 2 aliphatic rings. The number of nitrogens with zero attached hydrogens (tertiary/aromatic N) is 3. The highest BCUT2D eigenvalue weighted by molar-refractivity contribution is 5.79. The minimum Gasteiger partial charge on any atom is -0.493 e. The Morgan fingerprint density at radius 3 is 2.54 bits per heavy atom. The molecule has 9 heteroatoms. The molecule has 37 heavy (non-hydrogen) atoms. The lowest BCUT2D eigenvalue weighted by atomic mass is 9.83. The molecule has 0 unspecified atom stereocenters. The first-order valence-corrected chi connectivity index (χ1v) is 13.8. The van der Waals surface area contributed by atoms with Gasteiger partial charge in [0.25, 0.3) is 0 Å². The van der Waals surface area contributed by atoms with Gasteiger partial charge >= 0.3 is 5.97 Å². The molecule has 0 bridgehead atoms. The zero-order valence-electron chi connectivity index (χ0n) is 22.7. The second kappa shape index (κ2) is 13.8. The molecule has 0 spiro atoms. The third kappa shape index (κ3) is 7.23. The van der Waals surface area contributed by atoms with Gasteiger partial charge in [-0.15, -0.1) is 0 Å². The van der Waals surface area contributed by atoms with Crippen LogP contribution in [0.4, 0.5) is 0 Å². The minimum absolute atomic E-state index is 0.0120. The van der Waals surface area contributed by atoms with Crippen LogP contribution in [0.25, 0.3) is 0 Å². The molecule has 2 aliphatic heterocycles. The fourth-order valence-electron chi connectivity index (χ4n) is 5.72. The first-order chi connectivity index (χ1) is 17.8. The van der Waals surface area contributed by atoms with Crippen molar-refractivity contribution in [2.24, 2.45) is 11.7 Å². The molecule has 0 saturated carbocycles. The van der Waals surface area contributed by atoms with Gasteiger partial charge in [-0.25, -0.2) is 0 Å². The second-order valence-corrected chi connectivity index (χ2v) is 10.2. The number of carbonyl (C=O) groups excluding carboxylic acids is 2. The van der Waals surface area contributed by atoms with Crippen LogP contribution in [0.15, 0.2) is 18.2 Å². The van der Waals surface area contributed by atoms with Crippen molar-refractivity contribution in [2.45, 2.75) is 64.8 Å². The van der Waals surface area contributed by atoms with Gasteiger partial charge in [-0.1, -0.05) is 25.5 Å². The van der Waals surface area contributed by atoms with Crippen molar-refractivity contribution in [2.75, 3.05) is 52.4 Å². The van der Waals surface area contributed by atoms with Gasteiger partial charge in [-0.3, -0.25) is 19.3 Å². The number of aliphatic carboxylic acids is 1. The van der Waals surface area contributed by atoms with Gasteiger partial charge in [-0.05, 0) is 49.9 Å². The quantitative estimate of drug-likeness (QED) is 0.390. The van der Waals surface area contributed by atoms with Gasteiger partial charge in [0, 0.05) is 58.0 Å². The number of carbonyl (C=O) groups is 3. The Hall–Kier alpha value is -2.65. The SMILES string of the molecule is CCCCN(CCCN)C(=O)CN1C[C@H](c2ccc3c(c2)CCO3)[C@@H](C(=O)O)[C@@H]1CCN(CC)C(C)=O. The van der Waals surface area contributed by atoms with Crippen LogP contribution in [-0.4, -0.2) is 96.1 Å². The van der Waals surface area contributed by atoms with Gasteiger partial charge in [-0.2, -0.15) is 0 Å². The van der Waals surface area contributed by atoms with Crippen molar-refractivity contribution in [3.63, 3.8) is 0 Å². The first kappa shape index (κ1) is 28.9. The number of hydrogen-bond donors (Lipinski definition) is 2. The van der Waals surface area contributed by atoms with E-state index in [4.69, 9.17) is 10.5 Å². The molecule has 2 heterocycles. The molecular formula is C28H44N4O5. The van der Waals surface area contributed by atoms with Crippen LogP contribution < -0.4 is 10.5 Å². The summed E-state index contributed by atoms with van der Waals surface area (Å²) < 4.78 is 5.65. The highest BCUT2D eigenvalue weighted by Crippen LogP contribution is 2.41. The number of benzene rings is 1. The number of carboxylic acid groups (broad SMARTS) is 1. The van der Waals surface area contributed by atoms with E-state index >= 15 is 0 Å². The van der Waals surface area contributed by atoms with Crippen LogP contribution in [0.3, 0.4) is 0 Å². The highest BCUT2D eigenvalue weighted by atomic mass is 16.5. The van der Waals surface area contributed by atoms with Crippen LogP contribution in [0.5, 0.6) is 5.75 Å². The molecule has 3 rings (SSSR count). The van der Waals surface area contributed by atoms with E-state index in [0.717, 1.165) is 42.6 Å². The van der Waals surface area contributed by atoms with Crippen LogP contribution in [0.1, 0.15) is 63.5 Å². The summed E-state index contributed by atoms with van der Waals surface area (Å²) >= 11 is 0. The monoisotopic (exact) mass is 516 g/mol. The van der Waals surface area contributed by atoms with E-state index in [1.54, 1.807) is 4.90 Å². The third-order valence-electron chi connectivity index (χ3n) is 7.80. The fraction of sp³-hybridized carbons (Fsp3) is 0.679. The summed E-state index contributed by atoms with van der Waals surface area (Å²) in [4.78, 5) is 43.8. The predicted octanol–water partition coefficient (Wildman–Crippen LogP) is 2.33. The lowest BCUT2D eigenvalue weighted by molar-refractivity contribution is -0.144. The number of fused-ring (bicyclic) bond motifs is 1. The molecular weight excluding hydrogens is 472 g/mol. The first-order valence-electron chi connectivity index (χ1n) is 13.8. The second-order valence-electron chi connectivity index (χ2n) is 10.2. The molecule has 206 valence electrons. The summed E-state index contributed by atoms with van der Waals surface area (Å²) in [5.74, 6) is -0.938. The number of carboxylic acids is 1. The maximum absolute atomic E-state index is 13.4. The standard InChI is InChI=1S/C28H44N4O5/c1-4-6-13-31(14-7-12-29)26(34)19-32-18-23(21-8-9-25-22(17-21)11-16-37-25)27(28(35)36)24(32)10-15-30(5-2)20(3)33/h8-9,17,23-24,27H,4-7,10-16,18-19,29H2,1-3H3,(H,35,36)/t23-,24+,27-/m1/s1. The van der Waals surface area contributed by atoms with Gasteiger partial charge in [0.2, 0.25) is 11.8 Å². The molecule has 1 aromatic carbocycles. The number of unbranched alkanes of at least 4 members (excludes halogenated alkanes) is 1. The summed E-state index contributed by atoms with van der Waals surface area (Å²) in [6, 6.07) is 5.63. The summed E-state index contributed by atoms with van der Waals surface area (Å²) in [6.07, 6.45) is 3.96. The smallest absolute Gasteiger partial charge is 0.308 e. The third-order valence-corrected chi connectivity index (χ3v) is 7.80. The number of likely N-dealkylation sites (tertiary alicyclic amines) is 1. The van der Waals surface area contributed by atoms with E-state index in [0.29, 0.717) is 52.3 Å². The normalized spacial score (nSPS) is 20.9. The average Bonchev–Trinajstić information content (AvgIpc) is 3.48. The van der Waals surface area contributed by atoms with Gasteiger partial charge in [0.1, 0.15) is 5.75 Å². The molecule has 1 fully saturated rings. The van der Waals surface area contributed by atoms with Crippen LogP contribution in [-0.2, 0) is 20.8 Å². The van der Waals surface area contributed by atoms with Crippen molar-refractivity contribution < 1.29 is 24.2 Å². The topological polar surface area (TPSA) is 116 Å². The lowest BCUT2D eigenvalue weighted by Gasteiger charge is -2.31. The molecule has 3 atom stereocenters. The van der Waals surface area contributed by atoms with Gasteiger partial charge in [0.05, 0.1) is 19.1 Å². The van der Waals surface area contributed by atoms with Crippen molar-refractivity contribution in [3.8, 4) is 5.75 Å². The van der Waals surface area contributed by atoms with E-state index in [9.17, 15) is 19.5 Å². The van der Waals surface area contributed by atoms with E-state index in [2.05, 4.69) is 13.0 Å². The Morgan fingerprint density at radius 1 is 1.14 bits per heavy atom. The van der Waals surface area contributed by atoms with E-state index in [-0.39, 0.29) is 30.3 Å². The van der Waals surface area contributed by atoms with Crippen LogP contribution in [0, 0.1) is 5.92 Å². The number of nitrogens with two attached hydrogens (primary N) is 1. The summed E-state index contributed by atoms with van der Waals surface area (Å²) in [7, 11) is 0. The Balaban J connectivity index is 1.88. The van der Waals surface area contributed by atoms with Crippen molar-refractivity contribution in [3.05, 3.63) is 29.3 Å². The van der Waals surface area contributed by atoms with Crippen molar-refractivity contribution in [1.29, 1.82) is 0 Å². The Labute approximate surface area is 220 Å². The molecule has 3 N–H and O–H groups in total. The summed E-state index contributed by atoms with van der Waals surface area (Å²) in [5, 5.41) is 10.4. The fourth-order valence-corrected chi connectivity index (χ4v) is 5.72. The van der Waals surface area contributed by atoms with Crippen LogP contribution >= 0.6 is 0 Å². The molecule has 0 aromatic heterocycles. The highest BCUT2D eigenvalue weighted by Gasteiger charge is 2.47. The number of amides is 2. The van der Waals surface area contributed by atoms with Gasteiger partial charge in [0.15, 0.2) is 0 Å². The average molecular weight is 517 g/mol. The minimum atomic E-state index is -0.862. The lowest BCUT2D eigenvalue weighted by Crippen LogP contribution is -2.46. The number of ether oxygens (including phenoxy) is 1. The zero-order valence-corrected chi connectivity index (χ0v) is 22.7. The zero-order chi connectivity index (χ0) is 26.9. The van der Waals surface area contributed by atoms with Crippen molar-refractivity contribution >= 4 is 17.8 Å². The maximum Gasteiger partial charge on any atom is 0.308 e. The van der Waals surface area contributed by atoms with E-state index in [1.165, 1.54) is 6.92 Å². The molecule has 2 amide bonds. The molecule has 1 aromatic rings. The van der Waals surface area contributed by atoms with Crippen molar-refractivity contribution in [1.82, 2.24) is 14.7 Å². The maximum atomic E-state index is 13.4. The van der Waals surface area contributed by atoms with E-state index < -0.39 is 11.9 Å². The molecule has 0 radical (unpaired) electrons. The number of rotatable bonds is 14. The Kier molecular flexibility index (Phi) is 10.8.